The highest BCUT2D eigenvalue weighted by Crippen LogP contribution is 1.62. The van der Waals surface area contributed by atoms with Crippen LogP contribution in [0.25, 0.3) is 0 Å². The number of methoxy groups -OCH3 is 1. The first-order chi connectivity index (χ1) is 7.16. The lowest BCUT2D eigenvalue weighted by molar-refractivity contribution is 0.277. The molecule has 0 aromatic rings. The summed E-state index contributed by atoms with van der Waals surface area (Å²) >= 11 is 0. The van der Waals surface area contributed by atoms with Crippen molar-refractivity contribution in [3.8, 4) is 0 Å². The Hall–Kier alpha value is -0.160. The zero-order valence-corrected chi connectivity index (χ0v) is 11.0. The number of ether oxygens (including phenoxy) is 1. The van der Waals surface area contributed by atoms with Crippen LogP contribution in [0.1, 0.15) is 40.0 Å². The highest BCUT2D eigenvalue weighted by atomic mass is 16.4. The summed E-state index contributed by atoms with van der Waals surface area (Å²) in [7, 11) is 3.25. The van der Waals surface area contributed by atoms with Gasteiger partial charge in [-0.15, -0.1) is 0 Å². The van der Waals surface area contributed by atoms with Gasteiger partial charge >= 0.3 is 0 Å². The molecule has 0 unspecified atom stereocenters. The Morgan fingerprint density at radius 3 is 0.733 bits per heavy atom. The van der Waals surface area contributed by atoms with Crippen LogP contribution in [0.2, 0.25) is 0 Å². The summed E-state index contributed by atoms with van der Waals surface area (Å²) in [6.07, 6.45) is 2.62. The molecule has 0 aromatic carbocycles. The number of rotatable bonds is 3. The average molecular weight is 226 g/mol. The van der Waals surface area contributed by atoms with Crippen LogP contribution in [0, 0.1) is 0 Å². The molecule has 0 saturated heterocycles. The van der Waals surface area contributed by atoms with Crippen molar-refractivity contribution in [2.45, 2.75) is 40.0 Å². The third-order valence-electron chi connectivity index (χ3n) is 0.671. The topological polar surface area (TPSA) is 69.9 Å². The van der Waals surface area contributed by atoms with Gasteiger partial charge in [0.2, 0.25) is 0 Å². The lowest BCUT2D eigenvalue weighted by Gasteiger charge is -1.69. The number of hydrogen-bond donors (Lipinski definition) is 3. The van der Waals surface area contributed by atoms with Crippen molar-refractivity contribution in [2.24, 2.45) is 0 Å². The van der Waals surface area contributed by atoms with E-state index in [1.165, 1.54) is 0 Å². The molecule has 0 rings (SSSR count). The van der Waals surface area contributed by atoms with E-state index in [1.807, 2.05) is 20.8 Å². The van der Waals surface area contributed by atoms with Crippen molar-refractivity contribution in [3.05, 3.63) is 0 Å². The Kier molecular flexibility index (Phi) is 78.7. The molecule has 0 amide bonds. The number of hydrogen-bond acceptors (Lipinski definition) is 4. The second kappa shape index (κ2) is 48.8. The maximum absolute atomic E-state index is 7.88. The Morgan fingerprint density at radius 2 is 0.733 bits per heavy atom. The van der Waals surface area contributed by atoms with Gasteiger partial charge in [-0.1, -0.05) is 20.8 Å². The summed E-state index contributed by atoms with van der Waals surface area (Å²) in [4.78, 5) is 0. The predicted octanol–water partition coefficient (Wildman–Crippen LogP) is 1.43. The smallest absolute Gasteiger partial charge is 0.0428 e. The Balaban J connectivity index is -0.0000000542. The molecule has 0 spiro atoms. The van der Waals surface area contributed by atoms with Crippen molar-refractivity contribution in [1.29, 1.82) is 0 Å². The molecule has 4 nitrogen and oxygen atoms in total. The van der Waals surface area contributed by atoms with Gasteiger partial charge in [-0.3, -0.25) is 0 Å². The fraction of sp³-hybridized carbons (Fsp3) is 1.00. The second-order valence-electron chi connectivity index (χ2n) is 2.58. The van der Waals surface area contributed by atoms with Crippen molar-refractivity contribution in [1.82, 2.24) is 0 Å². The first kappa shape index (κ1) is 24.2. The fourth-order valence-corrected chi connectivity index (χ4v) is 0. The van der Waals surface area contributed by atoms with E-state index in [-0.39, 0.29) is 0 Å². The zero-order chi connectivity index (χ0) is 12.9. The molecule has 3 N–H and O–H groups in total. The van der Waals surface area contributed by atoms with Crippen LogP contribution in [-0.4, -0.2) is 49.4 Å². The van der Waals surface area contributed by atoms with Gasteiger partial charge in [0.05, 0.1) is 0 Å². The van der Waals surface area contributed by atoms with E-state index in [0.29, 0.717) is 19.8 Å². The first-order valence-electron chi connectivity index (χ1n) is 5.39. The van der Waals surface area contributed by atoms with Crippen molar-refractivity contribution >= 4 is 0 Å². The van der Waals surface area contributed by atoms with Gasteiger partial charge in [0.15, 0.2) is 0 Å². The van der Waals surface area contributed by atoms with E-state index < -0.39 is 0 Å². The molecule has 0 aromatic heterocycles. The fourth-order valence-electron chi connectivity index (χ4n) is 0. The maximum Gasteiger partial charge on any atom is 0.0428 e. The van der Waals surface area contributed by atoms with Gasteiger partial charge in [0, 0.05) is 34.0 Å². The standard InChI is InChI=1S/3C3H8O.C2H6O/c3*1-2-3-4;1-3-2/h3*4H,2-3H2,1H3;1-2H3. The Morgan fingerprint density at radius 1 is 0.667 bits per heavy atom. The highest BCUT2D eigenvalue weighted by molar-refractivity contribution is 4.10. The highest BCUT2D eigenvalue weighted by Gasteiger charge is 1.58. The van der Waals surface area contributed by atoms with E-state index in [2.05, 4.69) is 4.74 Å². The SMILES string of the molecule is CCCO.CCCO.CCCO.COC. The summed E-state index contributed by atoms with van der Waals surface area (Å²) in [5, 5.41) is 23.6. The molecule has 0 aliphatic rings. The zero-order valence-electron chi connectivity index (χ0n) is 11.0. The van der Waals surface area contributed by atoms with Crippen LogP contribution >= 0.6 is 0 Å². The Labute approximate surface area is 94.9 Å². The largest absolute Gasteiger partial charge is 0.396 e. The molecule has 0 fully saturated rings. The predicted molar refractivity (Wildman–Crippen MR) is 65.1 cm³/mol. The molecule has 0 saturated carbocycles. The third kappa shape index (κ3) is 241. The minimum atomic E-state index is 0.319. The summed E-state index contributed by atoms with van der Waals surface area (Å²) in [5.41, 5.74) is 0. The summed E-state index contributed by atoms with van der Waals surface area (Å²) < 4.78 is 4.25. The van der Waals surface area contributed by atoms with E-state index in [0.717, 1.165) is 19.3 Å². The molecule has 0 atom stereocenters. The van der Waals surface area contributed by atoms with Crippen LogP contribution < -0.4 is 0 Å². The van der Waals surface area contributed by atoms with Crippen molar-refractivity contribution < 1.29 is 20.1 Å². The normalized spacial score (nSPS) is 7.20. The summed E-state index contributed by atoms with van der Waals surface area (Å²) in [6, 6.07) is 0. The first-order valence-corrected chi connectivity index (χ1v) is 5.39. The lowest BCUT2D eigenvalue weighted by atomic mass is 10.5. The van der Waals surface area contributed by atoms with Crippen LogP contribution in [0.3, 0.4) is 0 Å². The van der Waals surface area contributed by atoms with Gasteiger partial charge in [-0.25, -0.2) is 0 Å². The molecule has 0 bridgehead atoms. The van der Waals surface area contributed by atoms with E-state index >= 15 is 0 Å². The van der Waals surface area contributed by atoms with E-state index in [9.17, 15) is 0 Å². The maximum atomic E-state index is 7.88. The Bertz CT molecular complexity index is 36.3. The van der Waals surface area contributed by atoms with Crippen molar-refractivity contribution in [2.75, 3.05) is 34.0 Å². The summed E-state index contributed by atoms with van der Waals surface area (Å²) in [5.74, 6) is 0. The second-order valence-corrected chi connectivity index (χ2v) is 2.58. The van der Waals surface area contributed by atoms with Crippen LogP contribution in [0.4, 0.5) is 0 Å². The van der Waals surface area contributed by atoms with E-state index in [4.69, 9.17) is 15.3 Å². The van der Waals surface area contributed by atoms with E-state index in [1.54, 1.807) is 14.2 Å². The molecule has 0 heterocycles. The van der Waals surface area contributed by atoms with Gasteiger partial charge < -0.3 is 20.1 Å². The number of aliphatic hydroxyl groups excluding tert-OH is 3. The molecule has 15 heavy (non-hydrogen) atoms. The molecular weight excluding hydrogens is 196 g/mol. The monoisotopic (exact) mass is 226 g/mol. The van der Waals surface area contributed by atoms with Gasteiger partial charge in [0.25, 0.3) is 0 Å². The molecule has 0 aliphatic heterocycles. The van der Waals surface area contributed by atoms with Gasteiger partial charge in [0.1, 0.15) is 0 Å². The average Bonchev–Trinajstić information content (AvgIpc) is 2.30. The van der Waals surface area contributed by atoms with Crippen molar-refractivity contribution in [3.63, 3.8) is 0 Å². The van der Waals surface area contributed by atoms with Gasteiger partial charge in [-0.05, 0) is 19.3 Å². The quantitative estimate of drug-likeness (QED) is 0.681. The lowest BCUT2D eigenvalue weighted by Crippen LogP contribution is -1.69. The molecule has 98 valence electrons. The molecule has 4 heteroatoms. The minimum Gasteiger partial charge on any atom is -0.396 e. The molecule has 0 radical (unpaired) electrons. The van der Waals surface area contributed by atoms with Gasteiger partial charge in [-0.2, -0.15) is 0 Å². The van der Waals surface area contributed by atoms with Crippen LogP contribution in [-0.2, 0) is 4.74 Å². The number of aliphatic hydroxyl groups is 3. The third-order valence-corrected chi connectivity index (χ3v) is 0.671. The van der Waals surface area contributed by atoms with Crippen LogP contribution in [0.5, 0.6) is 0 Å². The van der Waals surface area contributed by atoms with Crippen LogP contribution in [0.15, 0.2) is 0 Å². The molecule has 0 aliphatic carbocycles. The molecular formula is C11H30O4. The summed E-state index contributed by atoms with van der Waals surface area (Å²) in [6.45, 7) is 6.75. The minimum absolute atomic E-state index is 0.319.